The van der Waals surface area contributed by atoms with Gasteiger partial charge in [0.05, 0.1) is 0 Å². The molecule has 0 saturated heterocycles. The number of methoxy groups -OCH3 is 1. The first-order valence-corrected chi connectivity index (χ1v) is 14.5. The van der Waals surface area contributed by atoms with E-state index in [1.807, 2.05) is 70.2 Å². The third kappa shape index (κ3) is 14.0. The lowest BCUT2D eigenvalue weighted by Crippen LogP contribution is -2.46. The number of carbonyl (C=O) groups excluding carboxylic acids is 1. The van der Waals surface area contributed by atoms with Crippen LogP contribution in [0.1, 0.15) is 71.9 Å². The van der Waals surface area contributed by atoms with Crippen molar-refractivity contribution in [3.63, 3.8) is 0 Å². The van der Waals surface area contributed by atoms with Gasteiger partial charge in [0.15, 0.2) is 0 Å². The Bertz CT molecular complexity index is 974. The zero-order valence-electron chi connectivity index (χ0n) is 25.7. The fraction of sp³-hybridized carbons (Fsp3) is 0.441. The van der Waals surface area contributed by atoms with Crippen LogP contribution in [0, 0.1) is 0 Å². The molecule has 2 amide bonds. The van der Waals surface area contributed by atoms with Gasteiger partial charge in [-0.3, -0.25) is 4.90 Å². The van der Waals surface area contributed by atoms with E-state index in [1.54, 1.807) is 19.1 Å². The van der Waals surface area contributed by atoms with Crippen LogP contribution >= 0.6 is 0 Å². The summed E-state index contributed by atoms with van der Waals surface area (Å²) in [5.41, 5.74) is 11.9. The molecule has 3 N–H and O–H groups in total. The fourth-order valence-electron chi connectivity index (χ4n) is 3.86. The number of rotatable bonds is 10. The van der Waals surface area contributed by atoms with E-state index in [0.29, 0.717) is 13.1 Å². The second-order valence-electron chi connectivity index (χ2n) is 8.71. The molecule has 0 aromatic heterocycles. The Morgan fingerprint density at radius 3 is 1.79 bits per heavy atom. The number of nitrogens with two attached hydrogens (primary N) is 1. The maximum absolute atomic E-state index is 13.1. The summed E-state index contributed by atoms with van der Waals surface area (Å²) in [5.74, 6) is 0. The molecule has 0 aliphatic heterocycles. The number of anilines is 1. The van der Waals surface area contributed by atoms with Gasteiger partial charge < -0.3 is 15.8 Å². The van der Waals surface area contributed by atoms with Crippen molar-refractivity contribution in [3.05, 3.63) is 90.0 Å². The van der Waals surface area contributed by atoms with E-state index >= 15 is 0 Å². The van der Waals surface area contributed by atoms with Crippen LogP contribution in [0.5, 0.6) is 0 Å². The molecule has 5 nitrogen and oxygen atoms in total. The molecule has 0 aliphatic rings. The number of urea groups is 1. The number of aryl methyl sites for hydroxylation is 1. The highest BCUT2D eigenvalue weighted by molar-refractivity contribution is 5.92. The van der Waals surface area contributed by atoms with Gasteiger partial charge in [0.2, 0.25) is 0 Å². The van der Waals surface area contributed by atoms with Gasteiger partial charge in [-0.1, -0.05) is 121 Å². The Balaban J connectivity index is 0.00000189. The normalized spacial score (nSPS) is 10.4. The minimum atomic E-state index is -0.128. The molecule has 5 heteroatoms. The first-order chi connectivity index (χ1) is 19.0. The molecule has 0 fully saturated rings. The molecule has 216 valence electrons. The molecule has 39 heavy (non-hydrogen) atoms. The van der Waals surface area contributed by atoms with Crippen LogP contribution in [0.2, 0.25) is 0 Å². The lowest BCUT2D eigenvalue weighted by Gasteiger charge is -2.26. The molecule has 1 atom stereocenters. The lowest BCUT2D eigenvalue weighted by atomic mass is 10.0. The Kier molecular flexibility index (Phi) is 21.0. The van der Waals surface area contributed by atoms with Gasteiger partial charge in [0.25, 0.3) is 0 Å². The Morgan fingerprint density at radius 1 is 0.795 bits per heavy atom. The predicted molar refractivity (Wildman–Crippen MR) is 170 cm³/mol. The van der Waals surface area contributed by atoms with Crippen molar-refractivity contribution in [1.29, 1.82) is 0 Å². The maximum atomic E-state index is 13.1. The summed E-state index contributed by atoms with van der Waals surface area (Å²) >= 11 is 0. The van der Waals surface area contributed by atoms with E-state index in [1.165, 1.54) is 11.1 Å². The molecule has 3 aromatic carbocycles. The third-order valence-corrected chi connectivity index (χ3v) is 5.61. The molecule has 0 spiro atoms. The minimum absolute atomic E-state index is 0.0618. The maximum Gasteiger partial charge on any atom is 0.322 e. The summed E-state index contributed by atoms with van der Waals surface area (Å²) in [6, 6.07) is 26.6. The molecule has 0 bridgehead atoms. The van der Waals surface area contributed by atoms with Crippen molar-refractivity contribution in [2.75, 3.05) is 25.7 Å². The topological polar surface area (TPSA) is 67.6 Å². The van der Waals surface area contributed by atoms with Crippen molar-refractivity contribution in [2.24, 2.45) is 5.73 Å². The van der Waals surface area contributed by atoms with Crippen molar-refractivity contribution >= 4 is 11.7 Å². The van der Waals surface area contributed by atoms with Crippen LogP contribution in [0.15, 0.2) is 78.9 Å². The second kappa shape index (κ2) is 22.8. The molecule has 0 radical (unpaired) electrons. The van der Waals surface area contributed by atoms with Crippen LogP contribution in [-0.2, 0) is 17.7 Å². The summed E-state index contributed by atoms with van der Waals surface area (Å²) in [6.45, 7) is 13.3. The molecular formula is C34H53N3O2. The van der Waals surface area contributed by atoms with Crippen molar-refractivity contribution in [2.45, 2.75) is 79.8 Å². The molecule has 3 aromatic rings. The number of hydrogen-bond acceptors (Lipinski definition) is 3. The van der Waals surface area contributed by atoms with Gasteiger partial charge in [-0.05, 0) is 47.2 Å². The highest BCUT2D eigenvalue weighted by Crippen LogP contribution is 2.24. The van der Waals surface area contributed by atoms with Gasteiger partial charge in [0, 0.05) is 39.0 Å². The van der Waals surface area contributed by atoms with Crippen molar-refractivity contribution in [3.8, 4) is 11.1 Å². The number of ether oxygens (including phenoxy) is 1. The molecular weight excluding hydrogens is 482 g/mol. The lowest BCUT2D eigenvalue weighted by molar-refractivity contribution is 0.245. The molecule has 3 rings (SSSR count). The van der Waals surface area contributed by atoms with Crippen LogP contribution in [0.3, 0.4) is 0 Å². The van der Waals surface area contributed by atoms with E-state index in [9.17, 15) is 4.79 Å². The Labute approximate surface area is 238 Å². The molecule has 0 saturated carbocycles. The van der Waals surface area contributed by atoms with E-state index in [0.717, 1.165) is 42.5 Å². The van der Waals surface area contributed by atoms with Crippen molar-refractivity contribution in [1.82, 2.24) is 5.32 Å². The average Bonchev–Trinajstić information content (AvgIpc) is 2.99. The van der Waals surface area contributed by atoms with Gasteiger partial charge in [0.1, 0.15) is 0 Å². The fourth-order valence-corrected chi connectivity index (χ4v) is 3.86. The molecule has 0 heterocycles. The smallest absolute Gasteiger partial charge is 0.322 e. The first kappa shape index (κ1) is 35.9. The molecule has 0 aliphatic carbocycles. The van der Waals surface area contributed by atoms with Gasteiger partial charge in [-0.15, -0.1) is 0 Å². The second-order valence-corrected chi connectivity index (χ2v) is 8.71. The van der Waals surface area contributed by atoms with Crippen LogP contribution < -0.4 is 16.0 Å². The summed E-state index contributed by atoms with van der Waals surface area (Å²) < 4.78 is 4.25. The van der Waals surface area contributed by atoms with E-state index < -0.39 is 0 Å². The van der Waals surface area contributed by atoms with E-state index in [4.69, 9.17) is 5.73 Å². The number of nitrogens with one attached hydrogen (secondary N) is 1. The van der Waals surface area contributed by atoms with Crippen LogP contribution in [0.25, 0.3) is 11.1 Å². The molecule has 1 unspecified atom stereocenters. The summed E-state index contributed by atoms with van der Waals surface area (Å²) in [4.78, 5) is 14.8. The minimum Gasteiger partial charge on any atom is -0.388 e. The van der Waals surface area contributed by atoms with Gasteiger partial charge >= 0.3 is 6.03 Å². The Hall–Kier alpha value is -3.15. The monoisotopic (exact) mass is 535 g/mol. The average molecular weight is 536 g/mol. The number of benzene rings is 3. The van der Waals surface area contributed by atoms with Gasteiger partial charge in [-0.2, -0.15) is 0 Å². The number of hydrogen-bond donors (Lipinski definition) is 2. The Morgan fingerprint density at radius 2 is 1.31 bits per heavy atom. The summed E-state index contributed by atoms with van der Waals surface area (Å²) in [7, 11) is 3.25. The highest BCUT2D eigenvalue weighted by atomic mass is 16.4. The highest BCUT2D eigenvalue weighted by Gasteiger charge is 2.18. The van der Waals surface area contributed by atoms with Crippen molar-refractivity contribution < 1.29 is 9.53 Å². The standard InChI is InChI=1S/C28H35N3O.C2H6O.2C2H6/c1-3-8-22-12-14-24(15-13-22)25-16-18-27(19-17-25)31(21-26(29)9-4-2)28(32)30-20-23-10-6-5-7-11-23;1-3-2;2*1-2/h5-7,10-19,26H,3-4,8-9,20-21,29H2,1-2H3,(H,30,32);1-2H3;2*1-2H3. The van der Waals surface area contributed by atoms with E-state index in [-0.39, 0.29) is 12.1 Å². The third-order valence-electron chi connectivity index (χ3n) is 5.61. The number of nitrogens with zero attached hydrogens (tertiary/aromatic N) is 1. The van der Waals surface area contributed by atoms with Gasteiger partial charge in [-0.25, -0.2) is 4.79 Å². The SMILES string of the molecule is CC.CC.CCCc1ccc(-c2ccc(N(CC(N)CCC)C(=O)NCc3ccccc3)cc2)cc1.COC. The quantitative estimate of drug-likeness (QED) is 0.274. The largest absolute Gasteiger partial charge is 0.388 e. The first-order valence-electron chi connectivity index (χ1n) is 14.5. The van der Waals surface area contributed by atoms with Crippen LogP contribution in [-0.4, -0.2) is 32.8 Å². The zero-order chi connectivity index (χ0) is 29.5. The summed E-state index contributed by atoms with van der Waals surface area (Å²) in [5, 5.41) is 3.04. The summed E-state index contributed by atoms with van der Waals surface area (Å²) in [6.07, 6.45) is 4.12. The van der Waals surface area contributed by atoms with Crippen LogP contribution in [0.4, 0.5) is 10.5 Å². The predicted octanol–water partition coefficient (Wildman–Crippen LogP) is 8.46. The number of amides is 2. The zero-order valence-corrected chi connectivity index (χ0v) is 25.7. The number of carbonyl (C=O) groups is 1. The van der Waals surface area contributed by atoms with E-state index in [2.05, 4.69) is 60.3 Å².